The standard InChI is InChI=1S/C12H13ClINO3/c1-17-11-7-10(14)9(13)6-8(11)12(16)15-2-4-18-5-3-15/h6-7H,2-5H2,1H3. The van der Waals surface area contributed by atoms with Gasteiger partial charge in [0, 0.05) is 16.7 Å². The molecule has 0 spiro atoms. The lowest BCUT2D eigenvalue weighted by Gasteiger charge is -2.27. The quantitative estimate of drug-likeness (QED) is 0.739. The first kappa shape index (κ1) is 13.9. The molecular weight excluding hydrogens is 368 g/mol. The summed E-state index contributed by atoms with van der Waals surface area (Å²) in [4.78, 5) is 14.1. The summed E-state index contributed by atoms with van der Waals surface area (Å²) in [5, 5.41) is 0.563. The predicted molar refractivity (Wildman–Crippen MR) is 77.4 cm³/mol. The van der Waals surface area contributed by atoms with Crippen molar-refractivity contribution in [2.75, 3.05) is 33.4 Å². The Morgan fingerprint density at radius 3 is 2.72 bits per heavy atom. The summed E-state index contributed by atoms with van der Waals surface area (Å²) in [6, 6.07) is 3.44. The smallest absolute Gasteiger partial charge is 0.257 e. The molecule has 0 atom stereocenters. The fourth-order valence-corrected chi connectivity index (χ4v) is 2.40. The van der Waals surface area contributed by atoms with Crippen LogP contribution in [-0.4, -0.2) is 44.2 Å². The van der Waals surface area contributed by atoms with Crippen LogP contribution in [0.3, 0.4) is 0 Å². The number of ether oxygens (including phenoxy) is 2. The molecular formula is C12H13ClINO3. The zero-order valence-electron chi connectivity index (χ0n) is 9.91. The Labute approximate surface area is 124 Å². The van der Waals surface area contributed by atoms with E-state index in [-0.39, 0.29) is 5.91 Å². The maximum atomic E-state index is 12.4. The highest BCUT2D eigenvalue weighted by Gasteiger charge is 2.22. The number of halogens is 2. The van der Waals surface area contributed by atoms with Crippen LogP contribution in [0.1, 0.15) is 10.4 Å². The first-order chi connectivity index (χ1) is 8.63. The molecule has 6 heteroatoms. The van der Waals surface area contributed by atoms with Crippen LogP contribution >= 0.6 is 34.2 Å². The molecule has 0 aromatic heterocycles. The van der Waals surface area contributed by atoms with Gasteiger partial charge in [0.1, 0.15) is 5.75 Å². The van der Waals surface area contributed by atoms with E-state index >= 15 is 0 Å². The van der Waals surface area contributed by atoms with Crippen molar-refractivity contribution < 1.29 is 14.3 Å². The minimum absolute atomic E-state index is 0.0616. The van der Waals surface area contributed by atoms with Crippen molar-refractivity contribution >= 4 is 40.1 Å². The summed E-state index contributed by atoms with van der Waals surface area (Å²) in [7, 11) is 1.55. The van der Waals surface area contributed by atoms with Gasteiger partial charge in [0.25, 0.3) is 5.91 Å². The highest BCUT2D eigenvalue weighted by Crippen LogP contribution is 2.29. The fraction of sp³-hybridized carbons (Fsp3) is 0.417. The second kappa shape index (κ2) is 6.08. The minimum atomic E-state index is -0.0616. The van der Waals surface area contributed by atoms with Crippen molar-refractivity contribution in [3.8, 4) is 5.75 Å². The zero-order valence-corrected chi connectivity index (χ0v) is 12.8. The molecule has 1 aliphatic rings. The molecule has 0 unspecified atom stereocenters. The monoisotopic (exact) mass is 381 g/mol. The number of carbonyl (C=O) groups excluding carboxylic acids is 1. The maximum absolute atomic E-state index is 12.4. The van der Waals surface area contributed by atoms with Crippen molar-refractivity contribution in [2.24, 2.45) is 0 Å². The summed E-state index contributed by atoms with van der Waals surface area (Å²) in [5.74, 6) is 0.494. The summed E-state index contributed by atoms with van der Waals surface area (Å²) in [6.45, 7) is 2.36. The van der Waals surface area contributed by atoms with E-state index in [0.717, 1.165) is 3.57 Å². The molecule has 1 aliphatic heterocycles. The molecule has 1 heterocycles. The Hall–Kier alpha value is -0.530. The molecule has 1 aromatic rings. The largest absolute Gasteiger partial charge is 0.496 e. The first-order valence-corrected chi connectivity index (χ1v) is 6.99. The summed E-state index contributed by atoms with van der Waals surface area (Å²) in [6.07, 6.45) is 0. The molecule has 0 bridgehead atoms. The number of rotatable bonds is 2. The molecule has 0 aliphatic carbocycles. The van der Waals surface area contributed by atoms with Crippen molar-refractivity contribution in [3.63, 3.8) is 0 Å². The first-order valence-electron chi connectivity index (χ1n) is 5.53. The third-order valence-electron chi connectivity index (χ3n) is 2.77. The molecule has 4 nitrogen and oxygen atoms in total. The van der Waals surface area contributed by atoms with E-state index in [9.17, 15) is 4.79 Å². The number of hydrogen-bond donors (Lipinski definition) is 0. The average molecular weight is 382 g/mol. The molecule has 2 rings (SSSR count). The van der Waals surface area contributed by atoms with Crippen LogP contribution < -0.4 is 4.74 Å². The van der Waals surface area contributed by atoms with Crippen LogP contribution in [0.4, 0.5) is 0 Å². The Bertz CT molecular complexity index is 461. The van der Waals surface area contributed by atoms with Gasteiger partial charge in [-0.25, -0.2) is 0 Å². The number of morpholine rings is 1. The van der Waals surface area contributed by atoms with Gasteiger partial charge in [0.2, 0.25) is 0 Å². The van der Waals surface area contributed by atoms with E-state index in [1.165, 1.54) is 0 Å². The van der Waals surface area contributed by atoms with Gasteiger partial charge in [-0.05, 0) is 34.7 Å². The molecule has 98 valence electrons. The Morgan fingerprint density at radius 1 is 1.44 bits per heavy atom. The van der Waals surface area contributed by atoms with Gasteiger partial charge in [-0.15, -0.1) is 0 Å². The molecule has 0 N–H and O–H groups in total. The normalized spacial score (nSPS) is 15.6. The lowest BCUT2D eigenvalue weighted by Crippen LogP contribution is -2.40. The number of nitrogens with zero attached hydrogens (tertiary/aromatic N) is 1. The molecule has 1 fully saturated rings. The van der Waals surface area contributed by atoms with E-state index in [4.69, 9.17) is 21.1 Å². The molecule has 0 saturated carbocycles. The van der Waals surface area contributed by atoms with Gasteiger partial charge >= 0.3 is 0 Å². The Morgan fingerprint density at radius 2 is 2.11 bits per heavy atom. The van der Waals surface area contributed by atoms with Crippen LogP contribution in [0.5, 0.6) is 5.75 Å². The molecule has 1 amide bonds. The number of methoxy groups -OCH3 is 1. The third-order valence-corrected chi connectivity index (χ3v) is 4.30. The van der Waals surface area contributed by atoms with Crippen molar-refractivity contribution in [3.05, 3.63) is 26.3 Å². The van der Waals surface area contributed by atoms with Gasteiger partial charge in [-0.3, -0.25) is 4.79 Å². The van der Waals surface area contributed by atoms with Crippen molar-refractivity contribution in [2.45, 2.75) is 0 Å². The predicted octanol–water partition coefficient (Wildman–Crippen LogP) is 2.43. The highest BCUT2D eigenvalue weighted by atomic mass is 127. The Kier molecular flexibility index (Phi) is 4.69. The topological polar surface area (TPSA) is 38.8 Å². The molecule has 0 radical (unpaired) electrons. The van der Waals surface area contributed by atoms with E-state index < -0.39 is 0 Å². The van der Waals surface area contributed by atoms with Crippen LogP contribution in [-0.2, 0) is 4.74 Å². The van der Waals surface area contributed by atoms with Crippen molar-refractivity contribution in [1.82, 2.24) is 4.90 Å². The van der Waals surface area contributed by atoms with Crippen LogP contribution in [0.2, 0.25) is 5.02 Å². The van der Waals surface area contributed by atoms with E-state index in [1.807, 2.05) is 0 Å². The molecule has 1 saturated heterocycles. The third kappa shape index (κ3) is 2.89. The lowest BCUT2D eigenvalue weighted by atomic mass is 10.1. The van der Waals surface area contributed by atoms with Crippen LogP contribution in [0.25, 0.3) is 0 Å². The number of carbonyl (C=O) groups is 1. The van der Waals surface area contributed by atoms with Gasteiger partial charge in [-0.2, -0.15) is 0 Å². The Balaban J connectivity index is 2.31. The number of amides is 1. The van der Waals surface area contributed by atoms with Crippen molar-refractivity contribution in [1.29, 1.82) is 0 Å². The van der Waals surface area contributed by atoms with Gasteiger partial charge in [0.15, 0.2) is 0 Å². The average Bonchev–Trinajstić information content (AvgIpc) is 2.41. The maximum Gasteiger partial charge on any atom is 0.257 e. The van der Waals surface area contributed by atoms with Gasteiger partial charge in [0.05, 0.1) is 30.9 Å². The fourth-order valence-electron chi connectivity index (χ4n) is 1.80. The second-order valence-electron chi connectivity index (χ2n) is 3.87. The summed E-state index contributed by atoms with van der Waals surface area (Å²) in [5.41, 5.74) is 0.504. The lowest BCUT2D eigenvalue weighted by molar-refractivity contribution is 0.0301. The van der Waals surface area contributed by atoms with Crippen LogP contribution in [0.15, 0.2) is 12.1 Å². The van der Waals surface area contributed by atoms with Crippen LogP contribution in [0, 0.1) is 3.57 Å². The minimum Gasteiger partial charge on any atom is -0.496 e. The zero-order chi connectivity index (χ0) is 13.1. The van der Waals surface area contributed by atoms with E-state index in [0.29, 0.717) is 42.6 Å². The van der Waals surface area contributed by atoms with E-state index in [2.05, 4.69) is 22.6 Å². The number of benzene rings is 1. The highest BCUT2D eigenvalue weighted by molar-refractivity contribution is 14.1. The summed E-state index contributed by atoms with van der Waals surface area (Å²) < 4.78 is 11.3. The summed E-state index contributed by atoms with van der Waals surface area (Å²) >= 11 is 8.18. The SMILES string of the molecule is COc1cc(I)c(Cl)cc1C(=O)N1CCOCC1. The number of hydrogen-bond acceptors (Lipinski definition) is 3. The molecule has 1 aromatic carbocycles. The van der Waals surface area contributed by atoms with Gasteiger partial charge < -0.3 is 14.4 Å². The molecule has 18 heavy (non-hydrogen) atoms. The van der Waals surface area contributed by atoms with Gasteiger partial charge in [-0.1, -0.05) is 11.6 Å². The second-order valence-corrected chi connectivity index (χ2v) is 5.44. The van der Waals surface area contributed by atoms with E-state index in [1.54, 1.807) is 24.1 Å².